The second-order valence-electron chi connectivity index (χ2n) is 7.88. The standard InChI is InChI=1S/C23H27N7O6/c1-3-30-22(33)18-15(24)10-16(36-7-4-17(31)29-5-8-35-9-6-29)20(34-2)19(18)27-23(30)28-21(32)14-11-25-13-26-12-14/h10-13H,3-9,24H2,1-2H3,(H,27,28,32). The highest BCUT2D eigenvalue weighted by molar-refractivity contribution is 6.04. The molecule has 1 aliphatic heterocycles. The van der Waals surface area contributed by atoms with Gasteiger partial charge in [0.05, 0.1) is 50.0 Å². The molecule has 0 spiro atoms. The molecule has 0 radical (unpaired) electrons. The van der Waals surface area contributed by atoms with Crippen LogP contribution in [0.3, 0.4) is 0 Å². The highest BCUT2D eigenvalue weighted by Crippen LogP contribution is 2.37. The summed E-state index contributed by atoms with van der Waals surface area (Å²) in [6.45, 7) is 4.15. The van der Waals surface area contributed by atoms with Gasteiger partial charge in [0, 0.05) is 38.1 Å². The van der Waals surface area contributed by atoms with Gasteiger partial charge in [0.1, 0.15) is 11.8 Å². The summed E-state index contributed by atoms with van der Waals surface area (Å²) in [7, 11) is 1.41. The van der Waals surface area contributed by atoms with Gasteiger partial charge in [0.25, 0.3) is 11.5 Å². The molecule has 36 heavy (non-hydrogen) atoms. The van der Waals surface area contributed by atoms with Crippen molar-refractivity contribution in [1.29, 1.82) is 0 Å². The summed E-state index contributed by atoms with van der Waals surface area (Å²) in [5, 5.41) is 2.76. The van der Waals surface area contributed by atoms with Gasteiger partial charge in [-0.1, -0.05) is 0 Å². The van der Waals surface area contributed by atoms with E-state index in [1.165, 1.54) is 36.5 Å². The zero-order valence-corrected chi connectivity index (χ0v) is 20.0. The maximum atomic E-state index is 13.3. The van der Waals surface area contributed by atoms with Crippen molar-refractivity contribution in [3.63, 3.8) is 0 Å². The SMILES string of the molecule is CCn1c(NC(=O)c2cncnc2)nc2c(OC)c(OCCC(=O)N3CCOCC3)cc(N)c2c1=O. The number of ether oxygens (including phenoxy) is 3. The molecule has 1 aliphatic rings. The van der Waals surface area contributed by atoms with Crippen LogP contribution in [0.1, 0.15) is 23.7 Å². The number of benzene rings is 1. The molecular formula is C23H27N7O6. The summed E-state index contributed by atoms with van der Waals surface area (Å²) in [6, 6.07) is 1.48. The second kappa shape index (κ2) is 11.0. The maximum absolute atomic E-state index is 13.3. The topological polar surface area (TPSA) is 164 Å². The molecule has 0 saturated carbocycles. The molecule has 2 aromatic heterocycles. The number of hydrogen-bond donors (Lipinski definition) is 2. The van der Waals surface area contributed by atoms with Gasteiger partial charge in [-0.3, -0.25) is 24.3 Å². The Labute approximate surface area is 206 Å². The predicted molar refractivity (Wildman–Crippen MR) is 130 cm³/mol. The van der Waals surface area contributed by atoms with E-state index in [1.807, 2.05) is 0 Å². The minimum atomic E-state index is -0.537. The number of carbonyl (C=O) groups excluding carboxylic acids is 2. The van der Waals surface area contributed by atoms with E-state index in [2.05, 4.69) is 20.3 Å². The molecule has 4 rings (SSSR count). The van der Waals surface area contributed by atoms with Crippen LogP contribution in [0.4, 0.5) is 11.6 Å². The molecule has 3 N–H and O–H groups in total. The first-order valence-corrected chi connectivity index (χ1v) is 11.4. The van der Waals surface area contributed by atoms with Crippen LogP contribution in [0.15, 0.2) is 29.6 Å². The molecule has 0 atom stereocenters. The van der Waals surface area contributed by atoms with Gasteiger partial charge in [-0.2, -0.15) is 0 Å². The normalized spacial score (nSPS) is 13.4. The largest absolute Gasteiger partial charge is 0.491 e. The molecule has 190 valence electrons. The number of nitrogens with one attached hydrogen (secondary N) is 1. The first-order chi connectivity index (χ1) is 17.4. The minimum Gasteiger partial charge on any atom is -0.491 e. The number of nitrogens with two attached hydrogens (primary N) is 1. The van der Waals surface area contributed by atoms with Crippen LogP contribution in [0.25, 0.3) is 10.9 Å². The molecule has 0 unspecified atom stereocenters. The number of carbonyl (C=O) groups is 2. The van der Waals surface area contributed by atoms with Crippen LogP contribution in [-0.2, 0) is 16.1 Å². The van der Waals surface area contributed by atoms with E-state index in [0.717, 1.165) is 0 Å². The van der Waals surface area contributed by atoms with Crippen molar-refractivity contribution < 1.29 is 23.8 Å². The molecule has 0 aliphatic carbocycles. The van der Waals surface area contributed by atoms with Gasteiger partial charge >= 0.3 is 0 Å². The summed E-state index contributed by atoms with van der Waals surface area (Å²) in [5.41, 5.74) is 6.22. The summed E-state index contributed by atoms with van der Waals surface area (Å²) in [5.74, 6) is -0.194. The number of hydrogen-bond acceptors (Lipinski definition) is 10. The quantitative estimate of drug-likeness (QED) is 0.423. The Morgan fingerprint density at radius 1 is 1.22 bits per heavy atom. The minimum absolute atomic E-state index is 0.00111. The lowest BCUT2D eigenvalue weighted by Gasteiger charge is -2.26. The Morgan fingerprint density at radius 2 is 1.94 bits per heavy atom. The van der Waals surface area contributed by atoms with E-state index in [-0.39, 0.29) is 65.1 Å². The molecule has 2 amide bonds. The predicted octanol–water partition coefficient (Wildman–Crippen LogP) is 0.677. The lowest BCUT2D eigenvalue weighted by atomic mass is 10.1. The van der Waals surface area contributed by atoms with E-state index < -0.39 is 11.5 Å². The van der Waals surface area contributed by atoms with Crippen LogP contribution in [0.2, 0.25) is 0 Å². The van der Waals surface area contributed by atoms with Gasteiger partial charge in [0.15, 0.2) is 11.5 Å². The Bertz CT molecular complexity index is 1320. The number of anilines is 2. The van der Waals surface area contributed by atoms with Crippen molar-refractivity contribution in [1.82, 2.24) is 24.4 Å². The Hall–Kier alpha value is -4.26. The Morgan fingerprint density at radius 3 is 2.61 bits per heavy atom. The van der Waals surface area contributed by atoms with Crippen molar-refractivity contribution in [3.05, 3.63) is 40.7 Å². The third kappa shape index (κ3) is 5.05. The Balaban J connectivity index is 1.65. The zero-order valence-electron chi connectivity index (χ0n) is 20.0. The van der Waals surface area contributed by atoms with Crippen LogP contribution in [-0.4, -0.2) is 76.3 Å². The molecule has 13 heteroatoms. The summed E-state index contributed by atoms with van der Waals surface area (Å²) in [4.78, 5) is 52.3. The van der Waals surface area contributed by atoms with Crippen molar-refractivity contribution in [2.75, 3.05) is 51.1 Å². The van der Waals surface area contributed by atoms with Gasteiger partial charge in [-0.25, -0.2) is 15.0 Å². The fourth-order valence-electron chi connectivity index (χ4n) is 3.88. The average molecular weight is 498 g/mol. The molecule has 13 nitrogen and oxygen atoms in total. The maximum Gasteiger partial charge on any atom is 0.265 e. The highest BCUT2D eigenvalue weighted by atomic mass is 16.5. The highest BCUT2D eigenvalue weighted by Gasteiger charge is 2.22. The van der Waals surface area contributed by atoms with Crippen molar-refractivity contribution in [2.24, 2.45) is 0 Å². The monoisotopic (exact) mass is 497 g/mol. The number of amides is 2. The van der Waals surface area contributed by atoms with Crippen molar-refractivity contribution in [2.45, 2.75) is 19.9 Å². The fraction of sp³-hybridized carbons (Fsp3) is 0.391. The number of methoxy groups -OCH3 is 1. The summed E-state index contributed by atoms with van der Waals surface area (Å²) < 4.78 is 17.9. The molecular weight excluding hydrogens is 470 g/mol. The number of fused-ring (bicyclic) bond motifs is 1. The summed E-state index contributed by atoms with van der Waals surface area (Å²) in [6.07, 6.45) is 4.14. The fourth-order valence-corrected chi connectivity index (χ4v) is 3.88. The number of morpholine rings is 1. The van der Waals surface area contributed by atoms with Gasteiger partial charge in [-0.15, -0.1) is 0 Å². The van der Waals surface area contributed by atoms with E-state index in [1.54, 1.807) is 11.8 Å². The second-order valence-corrected chi connectivity index (χ2v) is 7.88. The average Bonchev–Trinajstić information content (AvgIpc) is 2.89. The third-order valence-electron chi connectivity index (χ3n) is 5.69. The van der Waals surface area contributed by atoms with E-state index in [9.17, 15) is 14.4 Å². The molecule has 1 fully saturated rings. The molecule has 1 aromatic carbocycles. The number of nitrogens with zero attached hydrogens (tertiary/aromatic N) is 5. The molecule has 0 bridgehead atoms. The number of rotatable bonds is 8. The molecule has 3 aromatic rings. The van der Waals surface area contributed by atoms with E-state index >= 15 is 0 Å². The molecule has 1 saturated heterocycles. The first-order valence-electron chi connectivity index (χ1n) is 11.4. The van der Waals surface area contributed by atoms with E-state index in [4.69, 9.17) is 19.9 Å². The third-order valence-corrected chi connectivity index (χ3v) is 5.69. The lowest BCUT2D eigenvalue weighted by Crippen LogP contribution is -2.41. The first kappa shape index (κ1) is 24.9. The Kier molecular flexibility index (Phi) is 7.59. The van der Waals surface area contributed by atoms with E-state index in [0.29, 0.717) is 26.3 Å². The van der Waals surface area contributed by atoms with Crippen LogP contribution in [0, 0.1) is 0 Å². The van der Waals surface area contributed by atoms with Crippen molar-refractivity contribution >= 4 is 34.4 Å². The lowest BCUT2D eigenvalue weighted by molar-refractivity contribution is -0.135. The van der Waals surface area contributed by atoms with Gasteiger partial charge in [-0.05, 0) is 6.92 Å². The number of aromatic nitrogens is 4. The smallest absolute Gasteiger partial charge is 0.265 e. The zero-order chi connectivity index (χ0) is 25.7. The van der Waals surface area contributed by atoms with Crippen molar-refractivity contribution in [3.8, 4) is 11.5 Å². The van der Waals surface area contributed by atoms with Gasteiger partial charge in [0.2, 0.25) is 11.9 Å². The van der Waals surface area contributed by atoms with Crippen LogP contribution < -0.4 is 26.1 Å². The van der Waals surface area contributed by atoms with Gasteiger partial charge < -0.3 is 24.8 Å². The number of nitrogen functional groups attached to an aromatic ring is 1. The van der Waals surface area contributed by atoms with Crippen LogP contribution >= 0.6 is 0 Å². The molecule has 3 heterocycles. The van der Waals surface area contributed by atoms with Crippen LogP contribution in [0.5, 0.6) is 11.5 Å². The summed E-state index contributed by atoms with van der Waals surface area (Å²) >= 11 is 0.